The van der Waals surface area contributed by atoms with Crippen molar-refractivity contribution in [3.8, 4) is 0 Å². The second kappa shape index (κ2) is 7.26. The molecule has 0 radical (unpaired) electrons. The summed E-state index contributed by atoms with van der Waals surface area (Å²) in [5.41, 5.74) is 0.382. The number of hydrogen-bond acceptors (Lipinski definition) is 4. The van der Waals surface area contributed by atoms with E-state index in [2.05, 4.69) is 25.9 Å². The van der Waals surface area contributed by atoms with Gasteiger partial charge in [-0.3, -0.25) is 4.79 Å². The van der Waals surface area contributed by atoms with Gasteiger partial charge in [0, 0.05) is 12.0 Å². The normalized spacial score (nSPS) is 10.8. The van der Waals surface area contributed by atoms with E-state index in [1.54, 1.807) is 7.11 Å². The first-order valence-electron chi connectivity index (χ1n) is 5.75. The zero-order valence-corrected chi connectivity index (χ0v) is 13.8. The van der Waals surface area contributed by atoms with Crippen molar-refractivity contribution >= 4 is 39.3 Å². The summed E-state index contributed by atoms with van der Waals surface area (Å²) in [6.07, 6.45) is 0. The minimum absolute atomic E-state index is 0.207. The molecule has 1 aromatic carbocycles. The second-order valence-corrected chi connectivity index (χ2v) is 6.14. The molecule has 20 heavy (non-hydrogen) atoms. The van der Waals surface area contributed by atoms with Crippen LogP contribution in [-0.2, 0) is 17.1 Å². The second-order valence-electron chi connectivity index (χ2n) is 3.93. The quantitative estimate of drug-likeness (QED) is 0.811. The lowest BCUT2D eigenvalue weighted by atomic mass is 10.4. The molecule has 0 unspecified atom stereocenters. The number of H-pyrrole nitrogens is 1. The van der Waals surface area contributed by atoms with Crippen molar-refractivity contribution in [1.29, 1.82) is 0 Å². The highest BCUT2D eigenvalue weighted by molar-refractivity contribution is 9.10. The van der Waals surface area contributed by atoms with Crippen molar-refractivity contribution in [3.05, 3.63) is 55.6 Å². The molecule has 0 bridgehead atoms. The van der Waals surface area contributed by atoms with Gasteiger partial charge in [0.05, 0.1) is 23.1 Å². The molecule has 1 heterocycles. The van der Waals surface area contributed by atoms with Gasteiger partial charge in [0.25, 0.3) is 5.56 Å². The molecule has 0 aliphatic heterocycles. The number of nitrogens with zero attached hydrogens (tertiary/aromatic N) is 1. The van der Waals surface area contributed by atoms with E-state index in [-0.39, 0.29) is 12.2 Å². The maximum absolute atomic E-state index is 11.8. The molecule has 4 nitrogen and oxygen atoms in total. The molecule has 0 amide bonds. The standard InChI is InChI=1S/C13H12BrClN2O2S/c1-19-6-9-12(14)13(18)17-11(16-9)7-20-10-5-3-2-4-8(10)15/h2-5H,6-7H2,1H3,(H,16,17,18). The summed E-state index contributed by atoms with van der Waals surface area (Å²) in [5.74, 6) is 1.12. The number of halogens is 2. The minimum atomic E-state index is -0.207. The summed E-state index contributed by atoms with van der Waals surface area (Å²) in [5, 5.41) is 0.689. The molecule has 0 saturated carbocycles. The molecule has 7 heteroatoms. The first kappa shape index (κ1) is 15.6. The summed E-state index contributed by atoms with van der Waals surface area (Å²) >= 11 is 10.8. The van der Waals surface area contributed by atoms with Crippen molar-refractivity contribution in [2.24, 2.45) is 0 Å². The van der Waals surface area contributed by atoms with Crippen molar-refractivity contribution in [1.82, 2.24) is 9.97 Å². The third-order valence-corrected chi connectivity index (χ3v) is 4.81. The SMILES string of the molecule is COCc1nc(CSc2ccccc2Cl)[nH]c(=O)c1Br. The summed E-state index contributed by atoms with van der Waals surface area (Å²) in [7, 11) is 1.56. The monoisotopic (exact) mass is 374 g/mol. The first-order chi connectivity index (χ1) is 9.61. The lowest BCUT2D eigenvalue weighted by Gasteiger charge is -2.07. The van der Waals surface area contributed by atoms with Crippen LogP contribution in [0, 0.1) is 0 Å². The summed E-state index contributed by atoms with van der Waals surface area (Å²) in [6.45, 7) is 0.286. The Morgan fingerprint density at radius 1 is 1.45 bits per heavy atom. The Bertz CT molecular complexity index is 663. The fourth-order valence-electron chi connectivity index (χ4n) is 1.57. The van der Waals surface area contributed by atoms with Crippen molar-refractivity contribution < 1.29 is 4.74 Å². The summed E-state index contributed by atoms with van der Waals surface area (Å²) in [6, 6.07) is 7.56. The highest BCUT2D eigenvalue weighted by Crippen LogP contribution is 2.28. The number of aromatic amines is 1. The van der Waals surface area contributed by atoms with E-state index in [1.807, 2.05) is 24.3 Å². The van der Waals surface area contributed by atoms with E-state index in [0.717, 1.165) is 4.90 Å². The zero-order valence-electron chi connectivity index (χ0n) is 10.7. The van der Waals surface area contributed by atoms with E-state index in [9.17, 15) is 4.79 Å². The van der Waals surface area contributed by atoms with E-state index < -0.39 is 0 Å². The number of hydrogen-bond donors (Lipinski definition) is 1. The number of thioether (sulfide) groups is 1. The predicted octanol–water partition coefficient (Wildman–Crippen LogP) is 3.62. The van der Waals surface area contributed by atoms with Crippen LogP contribution in [0.3, 0.4) is 0 Å². The number of methoxy groups -OCH3 is 1. The fourth-order valence-corrected chi connectivity index (χ4v) is 2.98. The van der Waals surface area contributed by atoms with Crippen LogP contribution in [0.25, 0.3) is 0 Å². The average molecular weight is 376 g/mol. The molecule has 0 aliphatic carbocycles. The topological polar surface area (TPSA) is 55.0 Å². The van der Waals surface area contributed by atoms with Crippen molar-refractivity contribution in [3.63, 3.8) is 0 Å². The van der Waals surface area contributed by atoms with Gasteiger partial charge in [0.15, 0.2) is 0 Å². The third-order valence-electron chi connectivity index (χ3n) is 2.46. The van der Waals surface area contributed by atoms with Gasteiger partial charge in [-0.25, -0.2) is 4.98 Å². The van der Waals surface area contributed by atoms with E-state index in [1.165, 1.54) is 11.8 Å². The van der Waals surface area contributed by atoms with Crippen LogP contribution >= 0.6 is 39.3 Å². The molecule has 0 atom stereocenters. The zero-order chi connectivity index (χ0) is 14.5. The molecular formula is C13H12BrClN2O2S. The smallest absolute Gasteiger partial charge is 0.265 e. The molecular weight excluding hydrogens is 364 g/mol. The van der Waals surface area contributed by atoms with Crippen LogP contribution < -0.4 is 5.56 Å². The van der Waals surface area contributed by atoms with Crippen LogP contribution in [0.15, 0.2) is 38.4 Å². The number of benzene rings is 1. The van der Waals surface area contributed by atoms with Gasteiger partial charge in [-0.1, -0.05) is 23.7 Å². The van der Waals surface area contributed by atoms with Gasteiger partial charge in [0.2, 0.25) is 0 Å². The Morgan fingerprint density at radius 3 is 2.90 bits per heavy atom. The Morgan fingerprint density at radius 2 is 2.20 bits per heavy atom. The van der Waals surface area contributed by atoms with Gasteiger partial charge in [-0.2, -0.15) is 0 Å². The Hall–Kier alpha value is -0.820. The molecule has 1 N–H and O–H groups in total. The van der Waals surface area contributed by atoms with Crippen molar-refractivity contribution in [2.45, 2.75) is 17.3 Å². The van der Waals surface area contributed by atoms with Gasteiger partial charge < -0.3 is 9.72 Å². The molecule has 106 valence electrons. The summed E-state index contributed by atoms with van der Waals surface area (Å²) < 4.78 is 5.44. The van der Waals surface area contributed by atoms with Crippen LogP contribution in [0.5, 0.6) is 0 Å². The Labute approximate surface area is 134 Å². The van der Waals surface area contributed by atoms with E-state index >= 15 is 0 Å². The minimum Gasteiger partial charge on any atom is -0.378 e. The molecule has 0 spiro atoms. The van der Waals surface area contributed by atoms with Crippen LogP contribution in [0.1, 0.15) is 11.5 Å². The van der Waals surface area contributed by atoms with E-state index in [0.29, 0.717) is 26.8 Å². The lowest BCUT2D eigenvalue weighted by Crippen LogP contribution is -2.15. The first-order valence-corrected chi connectivity index (χ1v) is 7.91. The van der Waals surface area contributed by atoms with Crippen LogP contribution in [0.2, 0.25) is 5.02 Å². The molecule has 0 saturated heterocycles. The van der Waals surface area contributed by atoms with Gasteiger partial charge in [0.1, 0.15) is 10.3 Å². The number of aromatic nitrogens is 2. The molecule has 2 aromatic rings. The highest BCUT2D eigenvalue weighted by Gasteiger charge is 2.09. The molecule has 2 rings (SSSR count). The van der Waals surface area contributed by atoms with Gasteiger partial charge in [-0.15, -0.1) is 11.8 Å². The maximum Gasteiger partial charge on any atom is 0.265 e. The Kier molecular flexibility index (Phi) is 5.65. The Balaban J connectivity index is 2.18. The fraction of sp³-hybridized carbons (Fsp3) is 0.231. The molecule has 0 fully saturated rings. The van der Waals surface area contributed by atoms with Crippen molar-refractivity contribution in [2.75, 3.05) is 7.11 Å². The van der Waals surface area contributed by atoms with Gasteiger partial charge >= 0.3 is 0 Å². The largest absolute Gasteiger partial charge is 0.378 e. The maximum atomic E-state index is 11.8. The molecule has 1 aromatic heterocycles. The van der Waals surface area contributed by atoms with Gasteiger partial charge in [-0.05, 0) is 28.1 Å². The predicted molar refractivity (Wildman–Crippen MR) is 84.3 cm³/mol. The molecule has 0 aliphatic rings. The van der Waals surface area contributed by atoms with E-state index in [4.69, 9.17) is 16.3 Å². The van der Waals surface area contributed by atoms with Crippen LogP contribution in [0.4, 0.5) is 0 Å². The van der Waals surface area contributed by atoms with Crippen LogP contribution in [-0.4, -0.2) is 17.1 Å². The average Bonchev–Trinajstić information content (AvgIpc) is 2.43. The summed E-state index contributed by atoms with van der Waals surface area (Å²) in [4.78, 5) is 19.8. The third kappa shape index (κ3) is 3.85. The highest BCUT2D eigenvalue weighted by atomic mass is 79.9. The number of ether oxygens (including phenoxy) is 1. The number of nitrogens with one attached hydrogen (secondary N) is 1. The number of rotatable bonds is 5. The lowest BCUT2D eigenvalue weighted by molar-refractivity contribution is 0.180.